The molecule has 1 aliphatic carbocycles. The van der Waals surface area contributed by atoms with Crippen LogP contribution in [0.2, 0.25) is 0 Å². The van der Waals surface area contributed by atoms with Gasteiger partial charge in [0.2, 0.25) is 0 Å². The Kier molecular flexibility index (Phi) is 4.72. The average Bonchev–Trinajstić information content (AvgIpc) is 2.68. The Bertz CT molecular complexity index is 398. The number of carbonyl (C=O) groups is 1. The van der Waals surface area contributed by atoms with E-state index in [2.05, 4.69) is 27.3 Å². The molecule has 1 aliphatic rings. The lowest BCUT2D eigenvalue weighted by Gasteiger charge is -2.22. The molecule has 2 unspecified atom stereocenters. The molecule has 0 radical (unpaired) electrons. The topological polar surface area (TPSA) is 26.3 Å². The van der Waals surface area contributed by atoms with E-state index in [0.29, 0.717) is 6.08 Å². The van der Waals surface area contributed by atoms with E-state index in [-0.39, 0.29) is 15.3 Å². The average molecular weight is 416 g/mol. The lowest BCUT2D eigenvalue weighted by Crippen LogP contribution is -2.45. The summed E-state index contributed by atoms with van der Waals surface area (Å²) in [6.45, 7) is 3.75. The van der Waals surface area contributed by atoms with Crippen LogP contribution in [-0.4, -0.2) is 28.4 Å². The Labute approximate surface area is 124 Å². The van der Waals surface area contributed by atoms with Crippen LogP contribution in [0.5, 0.6) is 0 Å². The van der Waals surface area contributed by atoms with E-state index in [1.165, 1.54) is 6.08 Å². The molecular formula is C11H11F6IO2. The van der Waals surface area contributed by atoms with E-state index in [1.54, 1.807) is 0 Å². The fraction of sp³-hybridized carbons (Fsp3) is 0.727. The van der Waals surface area contributed by atoms with Gasteiger partial charge in [-0.2, -0.15) is 26.3 Å². The van der Waals surface area contributed by atoms with Crippen LogP contribution >= 0.6 is 22.6 Å². The highest BCUT2D eigenvalue weighted by Gasteiger charge is 2.60. The molecule has 9 heteroatoms. The summed E-state index contributed by atoms with van der Waals surface area (Å²) < 4.78 is 76.6. The third-order valence-electron chi connectivity index (χ3n) is 3.04. The summed E-state index contributed by atoms with van der Waals surface area (Å²) >= 11 is 2.09. The van der Waals surface area contributed by atoms with Gasteiger partial charge in [-0.3, -0.25) is 0 Å². The lowest BCUT2D eigenvalue weighted by molar-refractivity contribution is -0.312. The van der Waals surface area contributed by atoms with Crippen molar-refractivity contribution in [3.63, 3.8) is 0 Å². The van der Waals surface area contributed by atoms with Gasteiger partial charge < -0.3 is 4.74 Å². The highest BCUT2D eigenvalue weighted by molar-refractivity contribution is 14.1. The van der Waals surface area contributed by atoms with E-state index in [1.807, 2.05) is 13.8 Å². The highest BCUT2D eigenvalue weighted by atomic mass is 127. The number of rotatable bonds is 3. The summed E-state index contributed by atoms with van der Waals surface area (Å²) in [6, 6.07) is 0. The lowest BCUT2D eigenvalue weighted by atomic mass is 10.1. The standard InChI is InChI=1S/C11H11F6IO2/c1-9(2)5(7(9)18)3-4-6(19)20-8(10(12,13)14)11(15,16)17/h3-5,7-8H,1-2H3/b4-3+. The molecule has 0 aromatic carbocycles. The number of hydrogen-bond acceptors (Lipinski definition) is 2. The maximum Gasteiger partial charge on any atom is 0.434 e. The summed E-state index contributed by atoms with van der Waals surface area (Å²) in [5.41, 5.74) is -0.134. The number of esters is 1. The third kappa shape index (κ3) is 4.01. The smallest absolute Gasteiger partial charge is 0.434 e. The number of allylic oxidation sites excluding steroid dienone is 1. The van der Waals surface area contributed by atoms with Crippen molar-refractivity contribution < 1.29 is 35.9 Å². The van der Waals surface area contributed by atoms with E-state index < -0.39 is 24.4 Å². The van der Waals surface area contributed by atoms with Gasteiger partial charge in [0.25, 0.3) is 6.10 Å². The van der Waals surface area contributed by atoms with E-state index in [0.717, 1.165) is 0 Å². The molecule has 1 fully saturated rings. The second-order valence-corrected chi connectivity index (χ2v) is 6.35. The first-order valence-electron chi connectivity index (χ1n) is 5.44. The molecule has 0 N–H and O–H groups in total. The molecule has 1 saturated carbocycles. The first kappa shape index (κ1) is 17.6. The van der Waals surface area contributed by atoms with Gasteiger partial charge in [-0.15, -0.1) is 0 Å². The molecule has 0 aliphatic heterocycles. The molecule has 116 valence electrons. The van der Waals surface area contributed by atoms with Crippen LogP contribution in [0, 0.1) is 11.3 Å². The van der Waals surface area contributed by atoms with Crippen molar-refractivity contribution in [1.29, 1.82) is 0 Å². The van der Waals surface area contributed by atoms with Gasteiger partial charge in [-0.25, -0.2) is 4.79 Å². The zero-order valence-electron chi connectivity index (χ0n) is 10.3. The van der Waals surface area contributed by atoms with Gasteiger partial charge >= 0.3 is 18.3 Å². The molecular weight excluding hydrogens is 405 g/mol. The van der Waals surface area contributed by atoms with Gasteiger partial charge in [0, 0.05) is 10.0 Å². The Balaban J connectivity index is 2.67. The quantitative estimate of drug-likeness (QED) is 0.228. The Morgan fingerprint density at radius 3 is 1.90 bits per heavy atom. The van der Waals surface area contributed by atoms with Crippen molar-refractivity contribution in [2.75, 3.05) is 0 Å². The number of hydrogen-bond donors (Lipinski definition) is 0. The zero-order chi connectivity index (χ0) is 15.9. The van der Waals surface area contributed by atoms with Gasteiger partial charge in [-0.05, 0) is 11.3 Å². The maximum atomic E-state index is 12.2. The summed E-state index contributed by atoms with van der Waals surface area (Å²) in [7, 11) is 0. The molecule has 0 heterocycles. The van der Waals surface area contributed by atoms with Crippen molar-refractivity contribution in [1.82, 2.24) is 0 Å². The predicted octanol–water partition coefficient (Wildman–Crippen LogP) is 4.04. The summed E-state index contributed by atoms with van der Waals surface area (Å²) in [5.74, 6) is -1.73. The zero-order valence-corrected chi connectivity index (χ0v) is 12.5. The molecule has 0 aromatic rings. The first-order chi connectivity index (χ1) is 8.78. The maximum absolute atomic E-state index is 12.2. The Morgan fingerprint density at radius 2 is 1.60 bits per heavy atom. The van der Waals surface area contributed by atoms with E-state index >= 15 is 0 Å². The van der Waals surface area contributed by atoms with Crippen LogP contribution < -0.4 is 0 Å². The van der Waals surface area contributed by atoms with E-state index in [4.69, 9.17) is 0 Å². The van der Waals surface area contributed by atoms with Gasteiger partial charge in [0.1, 0.15) is 0 Å². The first-order valence-corrected chi connectivity index (χ1v) is 6.69. The SMILES string of the molecule is CC1(C)C(I)C1/C=C/C(=O)OC(C(F)(F)F)C(F)(F)F. The van der Waals surface area contributed by atoms with Crippen LogP contribution in [0.3, 0.4) is 0 Å². The van der Waals surface area contributed by atoms with Gasteiger partial charge in [0.15, 0.2) is 0 Å². The molecule has 2 atom stereocenters. The van der Waals surface area contributed by atoms with Gasteiger partial charge in [0.05, 0.1) is 0 Å². The molecule has 0 saturated heterocycles. The number of halogens is 7. The molecule has 1 rings (SSSR count). The normalized spacial score (nSPS) is 26.1. The predicted molar refractivity (Wildman–Crippen MR) is 66.2 cm³/mol. The Hall–Kier alpha value is -0.480. The largest absolute Gasteiger partial charge is 0.440 e. The minimum Gasteiger partial charge on any atom is -0.440 e. The fourth-order valence-electron chi connectivity index (χ4n) is 1.62. The monoisotopic (exact) mass is 416 g/mol. The fourth-order valence-corrected chi connectivity index (χ4v) is 2.99. The van der Waals surface area contributed by atoms with Crippen LogP contribution in [0.4, 0.5) is 26.3 Å². The number of carbonyl (C=O) groups excluding carboxylic acids is 1. The van der Waals surface area contributed by atoms with Crippen LogP contribution in [0.1, 0.15) is 13.8 Å². The Morgan fingerprint density at radius 1 is 1.20 bits per heavy atom. The molecule has 0 bridgehead atoms. The minimum absolute atomic E-state index is 0.0779. The summed E-state index contributed by atoms with van der Waals surface area (Å²) in [4.78, 5) is 11.1. The molecule has 0 aromatic heterocycles. The van der Waals surface area contributed by atoms with Crippen molar-refractivity contribution >= 4 is 28.6 Å². The van der Waals surface area contributed by atoms with Crippen LogP contribution in [0.15, 0.2) is 12.2 Å². The molecule has 0 amide bonds. The van der Waals surface area contributed by atoms with Crippen molar-refractivity contribution in [3.05, 3.63) is 12.2 Å². The van der Waals surface area contributed by atoms with E-state index in [9.17, 15) is 31.1 Å². The highest BCUT2D eigenvalue weighted by Crippen LogP contribution is 2.57. The summed E-state index contributed by atoms with van der Waals surface area (Å²) in [6.07, 6.45) is -13.6. The third-order valence-corrected chi connectivity index (χ3v) is 5.42. The van der Waals surface area contributed by atoms with Crippen molar-refractivity contribution in [3.8, 4) is 0 Å². The van der Waals surface area contributed by atoms with Gasteiger partial charge in [-0.1, -0.05) is 42.5 Å². The second kappa shape index (κ2) is 5.38. The van der Waals surface area contributed by atoms with Crippen molar-refractivity contribution in [2.45, 2.75) is 36.2 Å². The molecule has 20 heavy (non-hydrogen) atoms. The molecule has 2 nitrogen and oxygen atoms in total. The van der Waals surface area contributed by atoms with Crippen LogP contribution in [0.25, 0.3) is 0 Å². The minimum atomic E-state index is -5.69. The number of ether oxygens (including phenoxy) is 1. The van der Waals surface area contributed by atoms with Crippen LogP contribution in [-0.2, 0) is 9.53 Å². The van der Waals surface area contributed by atoms with Crippen molar-refractivity contribution in [2.24, 2.45) is 11.3 Å². The number of alkyl halides is 7. The summed E-state index contributed by atoms with van der Waals surface area (Å²) in [5, 5.41) is 0. The second-order valence-electron chi connectivity index (χ2n) is 5.01. The molecule has 0 spiro atoms.